The minimum Gasteiger partial charge on any atom is -0.347 e. The van der Waals surface area contributed by atoms with Crippen LogP contribution in [-0.2, 0) is 4.79 Å². The van der Waals surface area contributed by atoms with E-state index < -0.39 is 0 Å². The van der Waals surface area contributed by atoms with Crippen LogP contribution in [0.15, 0.2) is 18.2 Å². The van der Waals surface area contributed by atoms with Crippen molar-refractivity contribution in [1.29, 1.82) is 0 Å². The van der Waals surface area contributed by atoms with Gasteiger partial charge in [-0.1, -0.05) is 11.3 Å². The number of anilines is 1. The number of halogens is 1. The summed E-state index contributed by atoms with van der Waals surface area (Å²) >= 11 is 1.50. The summed E-state index contributed by atoms with van der Waals surface area (Å²) in [4.78, 5) is 21.2. The lowest BCUT2D eigenvalue weighted by Crippen LogP contribution is -2.35. The van der Waals surface area contributed by atoms with E-state index in [1.54, 1.807) is 6.07 Å². The van der Waals surface area contributed by atoms with E-state index in [1.165, 1.54) is 23.5 Å². The van der Waals surface area contributed by atoms with Crippen LogP contribution < -0.4 is 4.90 Å². The second-order valence-corrected chi connectivity index (χ2v) is 7.08. The lowest BCUT2D eigenvalue weighted by Gasteiger charge is -2.20. The molecule has 0 N–H and O–H groups in total. The Kier molecular flexibility index (Phi) is 3.48. The van der Waals surface area contributed by atoms with Gasteiger partial charge in [0, 0.05) is 26.2 Å². The van der Waals surface area contributed by atoms with Crippen LogP contribution in [0.25, 0.3) is 10.2 Å². The molecule has 2 aliphatic heterocycles. The number of amides is 1. The van der Waals surface area contributed by atoms with E-state index in [2.05, 4.69) is 9.88 Å². The van der Waals surface area contributed by atoms with E-state index in [-0.39, 0.29) is 11.7 Å². The van der Waals surface area contributed by atoms with E-state index in [0.717, 1.165) is 60.8 Å². The van der Waals surface area contributed by atoms with E-state index in [1.807, 2.05) is 4.90 Å². The predicted octanol–water partition coefficient (Wildman–Crippen LogP) is 2.88. The van der Waals surface area contributed by atoms with Gasteiger partial charge in [-0.15, -0.1) is 0 Å². The molecule has 2 aromatic rings. The topological polar surface area (TPSA) is 36.4 Å². The predicted molar refractivity (Wildman–Crippen MR) is 85.7 cm³/mol. The summed E-state index contributed by atoms with van der Waals surface area (Å²) < 4.78 is 14.1. The quantitative estimate of drug-likeness (QED) is 0.854. The molecule has 1 aromatic heterocycles. The molecule has 1 aromatic carbocycles. The normalized spacial score (nSPS) is 22.0. The Morgan fingerprint density at radius 3 is 2.91 bits per heavy atom. The highest BCUT2D eigenvalue weighted by atomic mass is 32.1. The summed E-state index contributed by atoms with van der Waals surface area (Å²) in [5.74, 6) is 0.153. The zero-order valence-electron chi connectivity index (χ0n) is 12.3. The first-order valence-electron chi connectivity index (χ1n) is 7.80. The van der Waals surface area contributed by atoms with Gasteiger partial charge in [0.25, 0.3) is 0 Å². The minimum absolute atomic E-state index is 0.0850. The Labute approximate surface area is 132 Å². The fraction of sp³-hybridized carbons (Fsp3) is 0.500. The first kappa shape index (κ1) is 13.9. The number of likely N-dealkylation sites (tertiary alicyclic amines) is 1. The molecule has 0 bridgehead atoms. The fourth-order valence-electron chi connectivity index (χ4n) is 3.35. The number of nitrogens with zero attached hydrogens (tertiary/aromatic N) is 3. The maximum atomic E-state index is 13.3. The van der Waals surface area contributed by atoms with Gasteiger partial charge in [-0.3, -0.25) is 4.79 Å². The molecule has 3 heterocycles. The lowest BCUT2D eigenvalue weighted by molar-refractivity contribution is -0.133. The second-order valence-electron chi connectivity index (χ2n) is 6.07. The maximum absolute atomic E-state index is 13.3. The smallest absolute Gasteiger partial charge is 0.227 e. The van der Waals surface area contributed by atoms with Crippen molar-refractivity contribution in [2.75, 3.05) is 31.1 Å². The third-order valence-electron chi connectivity index (χ3n) is 4.56. The maximum Gasteiger partial charge on any atom is 0.227 e. The van der Waals surface area contributed by atoms with Crippen LogP contribution in [-0.4, -0.2) is 42.0 Å². The Morgan fingerprint density at radius 2 is 2.09 bits per heavy atom. The number of thiazole rings is 1. The minimum atomic E-state index is -0.230. The van der Waals surface area contributed by atoms with Crippen molar-refractivity contribution in [3.8, 4) is 0 Å². The van der Waals surface area contributed by atoms with Crippen LogP contribution >= 0.6 is 11.3 Å². The van der Waals surface area contributed by atoms with Crippen molar-refractivity contribution in [2.24, 2.45) is 5.92 Å². The van der Waals surface area contributed by atoms with Crippen LogP contribution in [0, 0.1) is 11.7 Å². The SMILES string of the molecule is O=C(C1CCN(c2nc3ccc(F)cc3s2)C1)N1CCCC1. The first-order chi connectivity index (χ1) is 10.7. The molecule has 0 spiro atoms. The van der Waals surface area contributed by atoms with Crippen molar-refractivity contribution in [3.05, 3.63) is 24.0 Å². The van der Waals surface area contributed by atoms with E-state index in [9.17, 15) is 9.18 Å². The van der Waals surface area contributed by atoms with E-state index >= 15 is 0 Å². The number of benzene rings is 1. The van der Waals surface area contributed by atoms with Crippen LogP contribution in [0.5, 0.6) is 0 Å². The highest BCUT2D eigenvalue weighted by Crippen LogP contribution is 2.33. The van der Waals surface area contributed by atoms with Gasteiger partial charge in [-0.05, 0) is 37.5 Å². The molecular formula is C16H18FN3OS. The fourth-order valence-corrected chi connectivity index (χ4v) is 4.38. The molecule has 0 saturated carbocycles. The molecule has 4 rings (SSSR count). The molecule has 116 valence electrons. The third kappa shape index (κ3) is 2.45. The molecule has 0 aliphatic carbocycles. The Morgan fingerprint density at radius 1 is 1.27 bits per heavy atom. The summed E-state index contributed by atoms with van der Waals surface area (Å²) in [6.07, 6.45) is 3.15. The van der Waals surface area contributed by atoms with Gasteiger partial charge in [0.1, 0.15) is 5.82 Å². The van der Waals surface area contributed by atoms with Crippen molar-refractivity contribution in [2.45, 2.75) is 19.3 Å². The van der Waals surface area contributed by atoms with Crippen LogP contribution in [0.2, 0.25) is 0 Å². The van der Waals surface area contributed by atoms with Crippen molar-refractivity contribution >= 4 is 32.6 Å². The number of hydrogen-bond donors (Lipinski definition) is 0. The summed E-state index contributed by atoms with van der Waals surface area (Å²) in [6, 6.07) is 4.68. The Balaban J connectivity index is 1.50. The van der Waals surface area contributed by atoms with Gasteiger partial charge in [0.15, 0.2) is 5.13 Å². The zero-order valence-corrected chi connectivity index (χ0v) is 13.1. The molecule has 6 heteroatoms. The molecule has 4 nitrogen and oxygen atoms in total. The van der Waals surface area contributed by atoms with Crippen molar-refractivity contribution < 1.29 is 9.18 Å². The van der Waals surface area contributed by atoms with Crippen molar-refractivity contribution in [1.82, 2.24) is 9.88 Å². The van der Waals surface area contributed by atoms with Crippen molar-refractivity contribution in [3.63, 3.8) is 0 Å². The molecule has 1 unspecified atom stereocenters. The Bertz CT molecular complexity index is 710. The van der Waals surface area contributed by atoms with Crippen LogP contribution in [0.3, 0.4) is 0 Å². The zero-order chi connectivity index (χ0) is 15.1. The molecule has 0 radical (unpaired) electrons. The monoisotopic (exact) mass is 319 g/mol. The average molecular weight is 319 g/mol. The molecule has 2 fully saturated rings. The van der Waals surface area contributed by atoms with Gasteiger partial charge in [0.2, 0.25) is 5.91 Å². The molecule has 2 saturated heterocycles. The molecule has 2 aliphatic rings. The number of aromatic nitrogens is 1. The largest absolute Gasteiger partial charge is 0.347 e. The van der Waals surface area contributed by atoms with Gasteiger partial charge < -0.3 is 9.80 Å². The van der Waals surface area contributed by atoms with Gasteiger partial charge >= 0.3 is 0 Å². The highest BCUT2D eigenvalue weighted by molar-refractivity contribution is 7.22. The number of rotatable bonds is 2. The average Bonchev–Trinajstić information content (AvgIpc) is 3.25. The molecule has 1 atom stereocenters. The van der Waals surface area contributed by atoms with E-state index in [0.29, 0.717) is 5.91 Å². The van der Waals surface area contributed by atoms with Gasteiger partial charge in [-0.25, -0.2) is 9.37 Å². The Hall–Kier alpha value is -1.69. The number of fused-ring (bicyclic) bond motifs is 1. The van der Waals surface area contributed by atoms with Crippen LogP contribution in [0.1, 0.15) is 19.3 Å². The van der Waals surface area contributed by atoms with E-state index in [4.69, 9.17) is 0 Å². The molecular weight excluding hydrogens is 301 g/mol. The van der Waals surface area contributed by atoms with Gasteiger partial charge in [0.05, 0.1) is 16.1 Å². The molecule has 1 amide bonds. The number of carbonyl (C=O) groups excluding carboxylic acids is 1. The molecule has 22 heavy (non-hydrogen) atoms. The highest BCUT2D eigenvalue weighted by Gasteiger charge is 2.33. The van der Waals surface area contributed by atoms with Crippen LogP contribution in [0.4, 0.5) is 9.52 Å². The summed E-state index contributed by atoms with van der Waals surface area (Å²) in [5, 5.41) is 0.900. The second kappa shape index (κ2) is 5.50. The standard InChI is InChI=1S/C16H18FN3OS/c17-12-3-4-13-14(9-12)22-16(18-13)20-8-5-11(10-20)15(21)19-6-1-2-7-19/h3-4,9,11H,1-2,5-8,10H2. The number of hydrogen-bond acceptors (Lipinski definition) is 4. The summed E-state index contributed by atoms with van der Waals surface area (Å²) in [7, 11) is 0. The number of carbonyl (C=O) groups is 1. The summed E-state index contributed by atoms with van der Waals surface area (Å²) in [6.45, 7) is 3.41. The lowest BCUT2D eigenvalue weighted by atomic mass is 10.1. The third-order valence-corrected chi connectivity index (χ3v) is 5.64. The summed E-state index contributed by atoms with van der Waals surface area (Å²) in [5.41, 5.74) is 0.829. The first-order valence-corrected chi connectivity index (χ1v) is 8.62. The van der Waals surface area contributed by atoms with Gasteiger partial charge in [-0.2, -0.15) is 0 Å².